The lowest BCUT2D eigenvalue weighted by atomic mass is 10.0. The van der Waals surface area contributed by atoms with Crippen LogP contribution in [-0.4, -0.2) is 35.2 Å². The van der Waals surface area contributed by atoms with Crippen molar-refractivity contribution in [2.75, 3.05) is 18.0 Å². The number of nitrogens with two attached hydrogens (primary N) is 1. The molecule has 6 nitrogen and oxygen atoms in total. The van der Waals surface area contributed by atoms with E-state index in [1.807, 2.05) is 24.3 Å². The molecule has 1 atom stereocenters. The summed E-state index contributed by atoms with van der Waals surface area (Å²) in [5.74, 6) is -0.0322. The molecule has 1 saturated heterocycles. The van der Waals surface area contributed by atoms with Gasteiger partial charge in [0.25, 0.3) is 0 Å². The van der Waals surface area contributed by atoms with Gasteiger partial charge in [0.05, 0.1) is 18.7 Å². The Morgan fingerprint density at radius 2 is 1.97 bits per heavy atom. The van der Waals surface area contributed by atoms with Crippen molar-refractivity contribution in [3.63, 3.8) is 0 Å². The molecule has 2 heterocycles. The third-order valence-corrected chi connectivity index (χ3v) is 5.15. The van der Waals surface area contributed by atoms with Crippen LogP contribution >= 0.6 is 0 Å². The molecule has 1 aromatic heterocycles. The summed E-state index contributed by atoms with van der Waals surface area (Å²) in [6.07, 6.45) is 2.27. The van der Waals surface area contributed by atoms with Crippen LogP contribution in [0.15, 0.2) is 66.9 Å². The highest BCUT2D eigenvalue weighted by atomic mass is 16.5. The summed E-state index contributed by atoms with van der Waals surface area (Å²) in [4.78, 5) is 17.5. The molecule has 148 valence electrons. The third kappa shape index (κ3) is 4.22. The van der Waals surface area contributed by atoms with E-state index in [0.717, 1.165) is 35.3 Å². The summed E-state index contributed by atoms with van der Waals surface area (Å²) < 4.78 is 5.96. The largest absolute Gasteiger partial charge is 0.472 e. The zero-order valence-corrected chi connectivity index (χ0v) is 16.0. The molecule has 1 amide bonds. The number of pyridine rings is 1. The van der Waals surface area contributed by atoms with E-state index in [-0.39, 0.29) is 12.7 Å². The second-order valence-electron chi connectivity index (χ2n) is 7.09. The summed E-state index contributed by atoms with van der Waals surface area (Å²) in [5, 5.41) is 9.92. The van der Waals surface area contributed by atoms with Gasteiger partial charge in [-0.05, 0) is 29.3 Å². The van der Waals surface area contributed by atoms with E-state index in [4.69, 9.17) is 10.5 Å². The van der Waals surface area contributed by atoms with E-state index >= 15 is 0 Å². The highest BCUT2D eigenvalue weighted by molar-refractivity contribution is 5.92. The Morgan fingerprint density at radius 1 is 1.14 bits per heavy atom. The Balaban J connectivity index is 1.46. The predicted octanol–water partition coefficient (Wildman–Crippen LogP) is 3.00. The smallest absolute Gasteiger partial charge is 0.250 e. The second-order valence-corrected chi connectivity index (χ2v) is 7.09. The van der Waals surface area contributed by atoms with Gasteiger partial charge >= 0.3 is 0 Å². The highest BCUT2D eigenvalue weighted by Crippen LogP contribution is 2.30. The number of hydrogen-bond donors (Lipinski definition) is 2. The summed E-state index contributed by atoms with van der Waals surface area (Å²) >= 11 is 0. The van der Waals surface area contributed by atoms with E-state index in [0.29, 0.717) is 18.0 Å². The Labute approximate surface area is 169 Å². The number of aliphatic hydroxyl groups excluding tert-OH is 1. The maximum atomic E-state index is 11.1. The van der Waals surface area contributed by atoms with Crippen molar-refractivity contribution in [1.82, 2.24) is 4.98 Å². The SMILES string of the molecule is NC(=O)c1ccc(OC2CCN(c3ccc(-c4ccccc4)cc3CO)C2)nc1. The van der Waals surface area contributed by atoms with Crippen LogP contribution in [-0.2, 0) is 6.61 Å². The molecule has 6 heteroatoms. The molecule has 0 saturated carbocycles. The number of aliphatic hydroxyl groups is 1. The topological polar surface area (TPSA) is 88.7 Å². The first-order valence-corrected chi connectivity index (χ1v) is 9.60. The summed E-state index contributed by atoms with van der Waals surface area (Å²) in [6, 6.07) is 19.6. The maximum Gasteiger partial charge on any atom is 0.250 e. The van der Waals surface area contributed by atoms with E-state index in [2.05, 4.69) is 34.1 Å². The minimum absolute atomic E-state index is 0.0118. The first-order valence-electron chi connectivity index (χ1n) is 9.60. The van der Waals surface area contributed by atoms with Gasteiger partial charge in [0.2, 0.25) is 11.8 Å². The van der Waals surface area contributed by atoms with Gasteiger partial charge in [0.1, 0.15) is 6.10 Å². The minimum Gasteiger partial charge on any atom is -0.472 e. The van der Waals surface area contributed by atoms with E-state index < -0.39 is 5.91 Å². The summed E-state index contributed by atoms with van der Waals surface area (Å²) in [6.45, 7) is 1.52. The first kappa shape index (κ1) is 19.0. The molecule has 3 aromatic rings. The Morgan fingerprint density at radius 3 is 2.66 bits per heavy atom. The number of rotatable bonds is 6. The van der Waals surface area contributed by atoms with Crippen molar-refractivity contribution in [2.45, 2.75) is 19.1 Å². The molecule has 0 bridgehead atoms. The molecular weight excluding hydrogens is 366 g/mol. The monoisotopic (exact) mass is 389 g/mol. The van der Waals surface area contributed by atoms with E-state index in [9.17, 15) is 9.90 Å². The highest BCUT2D eigenvalue weighted by Gasteiger charge is 2.26. The van der Waals surface area contributed by atoms with Gasteiger partial charge in [-0.3, -0.25) is 4.79 Å². The maximum absolute atomic E-state index is 11.1. The van der Waals surface area contributed by atoms with Crippen LogP contribution in [0.4, 0.5) is 5.69 Å². The number of primary amides is 1. The van der Waals surface area contributed by atoms with Gasteiger partial charge in [-0.2, -0.15) is 0 Å². The number of amides is 1. The lowest BCUT2D eigenvalue weighted by Gasteiger charge is -2.22. The number of carbonyl (C=O) groups excluding carboxylic acids is 1. The number of benzene rings is 2. The van der Waals surface area contributed by atoms with Crippen molar-refractivity contribution < 1.29 is 14.6 Å². The van der Waals surface area contributed by atoms with Crippen LogP contribution in [0.2, 0.25) is 0 Å². The number of hydrogen-bond acceptors (Lipinski definition) is 5. The molecule has 3 N–H and O–H groups in total. The van der Waals surface area contributed by atoms with Gasteiger partial charge in [-0.15, -0.1) is 0 Å². The minimum atomic E-state index is -0.508. The average Bonchev–Trinajstić information content (AvgIpc) is 3.22. The van der Waals surface area contributed by atoms with E-state index in [1.54, 1.807) is 12.1 Å². The number of aromatic nitrogens is 1. The fourth-order valence-corrected chi connectivity index (χ4v) is 3.64. The molecule has 1 fully saturated rings. The standard InChI is InChI=1S/C23H23N3O3/c24-23(28)18-7-9-22(25-13-18)29-20-10-11-26(14-20)21-8-6-17(12-19(21)15-27)16-4-2-1-3-5-16/h1-9,12-13,20,27H,10-11,14-15H2,(H2,24,28). The summed E-state index contributed by atoms with van der Waals surface area (Å²) in [5.41, 5.74) is 9.73. The van der Waals surface area contributed by atoms with Gasteiger partial charge in [-0.1, -0.05) is 36.4 Å². The van der Waals surface area contributed by atoms with Crippen molar-refractivity contribution in [3.8, 4) is 17.0 Å². The predicted molar refractivity (Wildman–Crippen MR) is 112 cm³/mol. The molecule has 2 aromatic carbocycles. The van der Waals surface area contributed by atoms with Crippen molar-refractivity contribution in [3.05, 3.63) is 78.0 Å². The quantitative estimate of drug-likeness (QED) is 0.677. The molecule has 0 radical (unpaired) electrons. The zero-order valence-electron chi connectivity index (χ0n) is 16.0. The number of ether oxygens (including phenoxy) is 1. The molecule has 0 aliphatic carbocycles. The molecule has 4 rings (SSSR count). The fraction of sp³-hybridized carbons (Fsp3) is 0.217. The molecular formula is C23H23N3O3. The van der Waals surface area contributed by atoms with Crippen molar-refractivity contribution in [1.29, 1.82) is 0 Å². The number of anilines is 1. The molecule has 1 aliphatic heterocycles. The first-order chi connectivity index (χ1) is 14.1. The van der Waals surface area contributed by atoms with E-state index in [1.165, 1.54) is 6.20 Å². The Hall–Kier alpha value is -3.38. The van der Waals surface area contributed by atoms with Crippen molar-refractivity contribution in [2.24, 2.45) is 5.73 Å². The lowest BCUT2D eigenvalue weighted by Crippen LogP contribution is -2.25. The second kappa shape index (κ2) is 8.32. The normalized spacial score (nSPS) is 16.0. The third-order valence-electron chi connectivity index (χ3n) is 5.15. The fourth-order valence-electron chi connectivity index (χ4n) is 3.64. The van der Waals surface area contributed by atoms with Crippen LogP contribution in [0.25, 0.3) is 11.1 Å². The van der Waals surface area contributed by atoms with Crippen LogP contribution in [0.1, 0.15) is 22.3 Å². The molecule has 0 spiro atoms. The summed E-state index contributed by atoms with van der Waals surface area (Å²) in [7, 11) is 0. The Kier molecular flexibility index (Phi) is 5.44. The molecule has 1 unspecified atom stereocenters. The van der Waals surface area contributed by atoms with Gasteiger partial charge in [-0.25, -0.2) is 4.98 Å². The van der Waals surface area contributed by atoms with Crippen LogP contribution in [0.3, 0.4) is 0 Å². The lowest BCUT2D eigenvalue weighted by molar-refractivity contribution is 0.1000. The number of carbonyl (C=O) groups is 1. The average molecular weight is 389 g/mol. The van der Waals surface area contributed by atoms with Crippen LogP contribution < -0.4 is 15.4 Å². The van der Waals surface area contributed by atoms with Crippen molar-refractivity contribution >= 4 is 11.6 Å². The van der Waals surface area contributed by atoms with Gasteiger partial charge < -0.3 is 20.5 Å². The Bertz CT molecular complexity index is 990. The number of nitrogens with zero attached hydrogens (tertiary/aromatic N) is 2. The van der Waals surface area contributed by atoms with Crippen LogP contribution in [0.5, 0.6) is 5.88 Å². The van der Waals surface area contributed by atoms with Crippen LogP contribution in [0, 0.1) is 0 Å². The van der Waals surface area contributed by atoms with Gasteiger partial charge in [0.15, 0.2) is 0 Å². The zero-order chi connectivity index (χ0) is 20.2. The van der Waals surface area contributed by atoms with Gasteiger partial charge in [0, 0.05) is 36.5 Å². The molecule has 1 aliphatic rings. The molecule has 29 heavy (non-hydrogen) atoms.